The van der Waals surface area contributed by atoms with Crippen molar-refractivity contribution in [2.75, 3.05) is 7.11 Å². The normalized spacial score (nSPS) is 14.2. The molecule has 2 heterocycles. The highest BCUT2D eigenvalue weighted by molar-refractivity contribution is 9.10. The van der Waals surface area contributed by atoms with E-state index >= 15 is 0 Å². The molecule has 0 fully saturated rings. The van der Waals surface area contributed by atoms with Crippen LogP contribution in [0.4, 0.5) is 0 Å². The van der Waals surface area contributed by atoms with E-state index in [1.54, 1.807) is 18.0 Å². The molecule has 0 radical (unpaired) electrons. The molecule has 1 aliphatic rings. The number of rotatable bonds is 3. The Bertz CT molecular complexity index is 1610. The maximum absolute atomic E-state index is 9.24. The van der Waals surface area contributed by atoms with Gasteiger partial charge in [0.25, 0.3) is 0 Å². The fraction of sp³-hybridized carbons (Fsp3) is 0.0714. The smallest absolute Gasteiger partial charge is 0.228 e. The zero-order chi connectivity index (χ0) is 23.2. The third-order valence-corrected chi connectivity index (χ3v) is 6.79. The summed E-state index contributed by atoms with van der Waals surface area (Å²) in [6.45, 7) is 0. The molecule has 1 aromatic heterocycles. The van der Waals surface area contributed by atoms with Gasteiger partial charge in [0.15, 0.2) is 0 Å². The average Bonchev–Trinajstić information content (AvgIpc) is 2.88. The lowest BCUT2D eigenvalue weighted by molar-refractivity contribution is 0.412. The molecule has 1 atom stereocenters. The zero-order valence-electron chi connectivity index (χ0n) is 18.3. The molecule has 6 rings (SSSR count). The summed E-state index contributed by atoms with van der Waals surface area (Å²) in [6.07, 6.45) is 1.65. The number of halogens is 1. The third-order valence-electron chi connectivity index (χ3n) is 6.26. The number of nitrogens with zero attached hydrogens (tertiary/aromatic N) is 2. The molecule has 5 nitrogen and oxygen atoms in total. The first-order chi connectivity index (χ1) is 16.6. The number of ether oxygens (including phenoxy) is 2. The molecule has 34 heavy (non-hydrogen) atoms. The van der Waals surface area contributed by atoms with E-state index in [-0.39, 0.29) is 5.92 Å². The zero-order valence-corrected chi connectivity index (χ0v) is 19.9. The molecule has 1 N–H and O–H groups in total. The van der Waals surface area contributed by atoms with Gasteiger partial charge in [-0.3, -0.25) is 9.98 Å². The predicted molar refractivity (Wildman–Crippen MR) is 135 cm³/mol. The molecule has 0 bridgehead atoms. The molecule has 0 aliphatic carbocycles. The van der Waals surface area contributed by atoms with Crippen LogP contribution < -0.4 is 15.0 Å². The van der Waals surface area contributed by atoms with Crippen molar-refractivity contribution in [1.82, 2.24) is 9.55 Å². The van der Waals surface area contributed by atoms with Crippen molar-refractivity contribution in [3.8, 4) is 23.1 Å². The maximum Gasteiger partial charge on any atom is 0.228 e. The van der Waals surface area contributed by atoms with Gasteiger partial charge in [0.2, 0.25) is 5.88 Å². The van der Waals surface area contributed by atoms with Crippen molar-refractivity contribution in [3.63, 3.8) is 0 Å². The Hall–Kier alpha value is -3.90. The number of aromatic nitrogens is 2. The average molecular weight is 510 g/mol. The maximum atomic E-state index is 9.24. The van der Waals surface area contributed by atoms with Crippen LogP contribution in [-0.4, -0.2) is 16.7 Å². The first kappa shape index (κ1) is 20.7. The van der Waals surface area contributed by atoms with E-state index in [0.29, 0.717) is 11.4 Å². The van der Waals surface area contributed by atoms with Gasteiger partial charge in [-0.25, -0.2) is 4.98 Å². The van der Waals surface area contributed by atoms with Gasteiger partial charge in [-0.15, -0.1) is 0 Å². The molecule has 0 saturated carbocycles. The van der Waals surface area contributed by atoms with Crippen LogP contribution in [-0.2, 0) is 0 Å². The Morgan fingerprint density at radius 1 is 0.941 bits per heavy atom. The van der Waals surface area contributed by atoms with E-state index in [1.807, 2.05) is 60.7 Å². The number of benzene rings is 4. The molecule has 4 aromatic carbocycles. The van der Waals surface area contributed by atoms with E-state index in [9.17, 15) is 5.41 Å². The Kier molecular flexibility index (Phi) is 4.96. The van der Waals surface area contributed by atoms with Crippen molar-refractivity contribution in [3.05, 3.63) is 118 Å². The summed E-state index contributed by atoms with van der Waals surface area (Å²) < 4.78 is 14.6. The second kappa shape index (κ2) is 8.15. The first-order valence-corrected chi connectivity index (χ1v) is 11.7. The largest absolute Gasteiger partial charge is 0.497 e. The van der Waals surface area contributed by atoms with Gasteiger partial charge >= 0.3 is 0 Å². The summed E-state index contributed by atoms with van der Waals surface area (Å²) in [5.41, 5.74) is 3.96. The van der Waals surface area contributed by atoms with E-state index in [1.165, 1.54) is 0 Å². The molecular formula is C28H20BrN3O2. The standard InChI is InChI=1S/C28H20BrN3O2/c1-33-21-7-4-6-18(15-21)24-25-22-8-3-2-5-17(22)9-14-23(25)34-28-26(24)27(30)32(16-31-28)20-12-10-19(29)11-13-20/h2-16,24,30H,1H3. The van der Waals surface area contributed by atoms with Crippen LogP contribution in [0.1, 0.15) is 22.6 Å². The number of fused-ring (bicyclic) bond motifs is 4. The fourth-order valence-electron chi connectivity index (χ4n) is 4.67. The predicted octanol–water partition coefficient (Wildman–Crippen LogP) is 6.56. The molecule has 0 saturated heterocycles. The second-order valence-electron chi connectivity index (χ2n) is 8.17. The monoisotopic (exact) mass is 509 g/mol. The molecule has 5 aromatic rings. The van der Waals surface area contributed by atoms with E-state index in [4.69, 9.17) is 9.47 Å². The highest BCUT2D eigenvalue weighted by atomic mass is 79.9. The van der Waals surface area contributed by atoms with Crippen molar-refractivity contribution in [2.24, 2.45) is 0 Å². The van der Waals surface area contributed by atoms with E-state index < -0.39 is 0 Å². The van der Waals surface area contributed by atoms with Gasteiger partial charge in [-0.1, -0.05) is 58.4 Å². The van der Waals surface area contributed by atoms with Crippen molar-refractivity contribution in [2.45, 2.75) is 5.92 Å². The Balaban J connectivity index is 1.67. The van der Waals surface area contributed by atoms with Crippen LogP contribution in [0.3, 0.4) is 0 Å². The van der Waals surface area contributed by atoms with Crippen molar-refractivity contribution in [1.29, 1.82) is 5.41 Å². The number of methoxy groups -OCH3 is 1. The summed E-state index contributed by atoms with van der Waals surface area (Å²) in [4.78, 5) is 4.65. The highest BCUT2D eigenvalue weighted by Crippen LogP contribution is 2.48. The molecule has 0 amide bonds. The van der Waals surface area contributed by atoms with Gasteiger partial charge in [0.1, 0.15) is 23.3 Å². The van der Waals surface area contributed by atoms with Crippen LogP contribution in [0.15, 0.2) is 95.7 Å². The van der Waals surface area contributed by atoms with Gasteiger partial charge < -0.3 is 9.47 Å². The number of hydrogen-bond donors (Lipinski definition) is 1. The summed E-state index contributed by atoms with van der Waals surface area (Å²) >= 11 is 3.49. The summed E-state index contributed by atoms with van der Waals surface area (Å²) in [5.74, 6) is 1.73. The summed E-state index contributed by atoms with van der Waals surface area (Å²) in [7, 11) is 1.67. The minimum absolute atomic E-state index is 0.247. The third kappa shape index (κ3) is 3.30. The minimum atomic E-state index is -0.247. The number of nitrogens with one attached hydrogen (secondary N) is 1. The lowest BCUT2D eigenvalue weighted by Crippen LogP contribution is -2.29. The van der Waals surface area contributed by atoms with Crippen LogP contribution in [0, 0.1) is 5.41 Å². The Morgan fingerprint density at radius 3 is 2.59 bits per heavy atom. The van der Waals surface area contributed by atoms with E-state index in [2.05, 4.69) is 45.2 Å². The highest BCUT2D eigenvalue weighted by Gasteiger charge is 2.33. The van der Waals surface area contributed by atoms with Crippen molar-refractivity contribution < 1.29 is 9.47 Å². The van der Waals surface area contributed by atoms with Gasteiger partial charge in [0, 0.05) is 21.6 Å². The van der Waals surface area contributed by atoms with Crippen LogP contribution >= 0.6 is 15.9 Å². The second-order valence-corrected chi connectivity index (χ2v) is 9.08. The van der Waals surface area contributed by atoms with Gasteiger partial charge in [0.05, 0.1) is 12.7 Å². The molecule has 166 valence electrons. The van der Waals surface area contributed by atoms with E-state index in [0.717, 1.165) is 49.1 Å². The van der Waals surface area contributed by atoms with Gasteiger partial charge in [-0.2, -0.15) is 0 Å². The Labute approximate surface area is 204 Å². The van der Waals surface area contributed by atoms with Gasteiger partial charge in [-0.05, 0) is 58.8 Å². The lowest BCUT2D eigenvalue weighted by atomic mass is 9.81. The first-order valence-electron chi connectivity index (χ1n) is 10.9. The fourth-order valence-corrected chi connectivity index (χ4v) is 4.94. The topological polar surface area (TPSA) is 60.1 Å². The number of hydrogen-bond acceptors (Lipinski definition) is 4. The summed E-state index contributed by atoms with van der Waals surface area (Å²) in [5, 5.41) is 11.5. The Morgan fingerprint density at radius 2 is 1.76 bits per heavy atom. The SMILES string of the molecule is COc1cccc(C2c3c(ncn(-c4ccc(Br)cc4)c3=N)Oc3ccc4ccccc4c32)c1. The summed E-state index contributed by atoms with van der Waals surface area (Å²) in [6, 6.07) is 28.2. The quantitative estimate of drug-likeness (QED) is 0.293. The minimum Gasteiger partial charge on any atom is -0.497 e. The van der Waals surface area contributed by atoms with Crippen LogP contribution in [0.25, 0.3) is 16.5 Å². The molecule has 1 aliphatic heterocycles. The molecule has 1 unspecified atom stereocenters. The molecule has 6 heteroatoms. The van der Waals surface area contributed by atoms with Crippen LogP contribution in [0.2, 0.25) is 0 Å². The molecule has 0 spiro atoms. The van der Waals surface area contributed by atoms with Crippen molar-refractivity contribution >= 4 is 26.7 Å². The van der Waals surface area contributed by atoms with Crippen LogP contribution in [0.5, 0.6) is 17.4 Å². The molecular weight excluding hydrogens is 490 g/mol. The lowest BCUT2D eigenvalue weighted by Gasteiger charge is -2.30.